The summed E-state index contributed by atoms with van der Waals surface area (Å²) in [5.41, 5.74) is 7.36. The van der Waals surface area contributed by atoms with Crippen LogP contribution in [0.25, 0.3) is 11.4 Å². The summed E-state index contributed by atoms with van der Waals surface area (Å²) in [5, 5.41) is 6.58. The van der Waals surface area contributed by atoms with E-state index in [9.17, 15) is 4.79 Å². The number of nitrogens with one attached hydrogen (secondary N) is 2. The van der Waals surface area contributed by atoms with Crippen LogP contribution in [-0.2, 0) is 0 Å². The third-order valence-electron chi connectivity index (χ3n) is 4.95. The number of hydrogen-bond acceptors (Lipinski definition) is 7. The lowest BCUT2D eigenvalue weighted by atomic mass is 10.1. The van der Waals surface area contributed by atoms with Crippen LogP contribution in [0, 0.1) is 5.92 Å². The van der Waals surface area contributed by atoms with Crippen molar-refractivity contribution in [3.8, 4) is 11.4 Å². The first-order valence-electron chi connectivity index (χ1n) is 9.72. The van der Waals surface area contributed by atoms with Crippen molar-refractivity contribution in [2.75, 3.05) is 10.6 Å². The van der Waals surface area contributed by atoms with Gasteiger partial charge in [-0.2, -0.15) is 4.98 Å². The van der Waals surface area contributed by atoms with E-state index in [1.54, 1.807) is 18.5 Å². The van der Waals surface area contributed by atoms with E-state index in [0.29, 0.717) is 29.6 Å². The van der Waals surface area contributed by atoms with E-state index < -0.39 is 5.91 Å². The van der Waals surface area contributed by atoms with Crippen LogP contribution in [0.2, 0.25) is 0 Å². The summed E-state index contributed by atoms with van der Waals surface area (Å²) < 4.78 is 0. The Bertz CT molecular complexity index is 1000. The van der Waals surface area contributed by atoms with Crippen LogP contribution >= 0.6 is 0 Å². The first-order chi connectivity index (χ1) is 14.1. The molecule has 1 saturated carbocycles. The standard InChI is InChI=1S/C21H23N7O/c1-2-17(13-7-8-13)27-21-25-12-16(18(22)29)20(28-21)26-15-6-3-5-14(11-15)19-23-9-4-10-24-19/h3-6,9-13,17H,2,7-8H2,1H3,(H2,22,29)(H2,25,26,27,28). The lowest BCUT2D eigenvalue weighted by molar-refractivity contribution is 0.100. The van der Waals surface area contributed by atoms with Crippen molar-refractivity contribution in [3.63, 3.8) is 0 Å². The van der Waals surface area contributed by atoms with Crippen molar-refractivity contribution in [1.29, 1.82) is 0 Å². The zero-order chi connectivity index (χ0) is 20.2. The van der Waals surface area contributed by atoms with Crippen molar-refractivity contribution >= 4 is 23.4 Å². The van der Waals surface area contributed by atoms with E-state index in [4.69, 9.17) is 5.73 Å². The van der Waals surface area contributed by atoms with E-state index >= 15 is 0 Å². The van der Waals surface area contributed by atoms with E-state index in [2.05, 4.69) is 37.5 Å². The van der Waals surface area contributed by atoms with Gasteiger partial charge in [0.15, 0.2) is 5.82 Å². The molecule has 1 aromatic carbocycles. The molecule has 3 aromatic rings. The fourth-order valence-electron chi connectivity index (χ4n) is 3.27. The maximum Gasteiger partial charge on any atom is 0.254 e. The quantitative estimate of drug-likeness (QED) is 0.540. The predicted molar refractivity (Wildman–Crippen MR) is 112 cm³/mol. The van der Waals surface area contributed by atoms with Crippen LogP contribution in [0.4, 0.5) is 17.5 Å². The molecule has 1 atom stereocenters. The summed E-state index contributed by atoms with van der Waals surface area (Å²) >= 11 is 0. The van der Waals surface area contributed by atoms with E-state index in [-0.39, 0.29) is 5.56 Å². The summed E-state index contributed by atoms with van der Waals surface area (Å²) in [7, 11) is 0. The summed E-state index contributed by atoms with van der Waals surface area (Å²) in [6.07, 6.45) is 8.30. The second-order valence-corrected chi connectivity index (χ2v) is 7.09. The lowest BCUT2D eigenvalue weighted by Gasteiger charge is -2.17. The highest BCUT2D eigenvalue weighted by atomic mass is 16.1. The number of benzene rings is 1. The highest BCUT2D eigenvalue weighted by Crippen LogP contribution is 2.35. The lowest BCUT2D eigenvalue weighted by Crippen LogP contribution is -2.23. The average Bonchev–Trinajstić information content (AvgIpc) is 3.58. The Kier molecular flexibility index (Phi) is 5.33. The van der Waals surface area contributed by atoms with Crippen LogP contribution in [0.1, 0.15) is 36.5 Å². The fraction of sp³-hybridized carbons (Fsp3) is 0.286. The predicted octanol–water partition coefficient (Wildman–Crippen LogP) is 3.38. The number of nitrogens with zero attached hydrogens (tertiary/aromatic N) is 4. The number of rotatable bonds is 8. The molecule has 1 unspecified atom stereocenters. The second-order valence-electron chi connectivity index (χ2n) is 7.09. The van der Waals surface area contributed by atoms with Gasteiger partial charge in [-0.05, 0) is 43.4 Å². The fourth-order valence-corrected chi connectivity index (χ4v) is 3.27. The minimum Gasteiger partial charge on any atom is -0.365 e. The summed E-state index contributed by atoms with van der Waals surface area (Å²) in [6, 6.07) is 9.69. The van der Waals surface area contributed by atoms with Gasteiger partial charge in [0.25, 0.3) is 5.91 Å². The molecular weight excluding hydrogens is 366 g/mol. The third kappa shape index (κ3) is 4.48. The SMILES string of the molecule is CCC(Nc1ncc(C(N)=O)c(Nc2cccc(-c3ncccn3)c2)n1)C1CC1. The van der Waals surface area contributed by atoms with Crippen LogP contribution in [0.3, 0.4) is 0 Å². The van der Waals surface area contributed by atoms with Gasteiger partial charge in [-0.1, -0.05) is 19.1 Å². The number of carbonyl (C=O) groups is 1. The Morgan fingerprint density at radius 3 is 2.69 bits per heavy atom. The molecule has 0 radical (unpaired) electrons. The van der Waals surface area contributed by atoms with Crippen molar-refractivity contribution in [2.45, 2.75) is 32.2 Å². The monoisotopic (exact) mass is 389 g/mol. The first kappa shape index (κ1) is 18.8. The Morgan fingerprint density at radius 2 is 2.00 bits per heavy atom. The van der Waals surface area contributed by atoms with Gasteiger partial charge in [-0.15, -0.1) is 0 Å². The molecule has 1 aliphatic rings. The van der Waals surface area contributed by atoms with Crippen LogP contribution in [-0.4, -0.2) is 31.9 Å². The van der Waals surface area contributed by atoms with Crippen molar-refractivity contribution in [3.05, 3.63) is 54.5 Å². The Labute approximate surface area is 169 Å². The number of hydrogen-bond donors (Lipinski definition) is 3. The van der Waals surface area contributed by atoms with Gasteiger partial charge >= 0.3 is 0 Å². The number of nitrogens with two attached hydrogens (primary N) is 1. The van der Waals surface area contributed by atoms with Crippen molar-refractivity contribution in [1.82, 2.24) is 19.9 Å². The molecule has 2 heterocycles. The minimum absolute atomic E-state index is 0.233. The highest BCUT2D eigenvalue weighted by Gasteiger charge is 2.30. The first-order valence-corrected chi connectivity index (χ1v) is 9.72. The van der Waals surface area contributed by atoms with Gasteiger partial charge < -0.3 is 16.4 Å². The van der Waals surface area contributed by atoms with Gasteiger partial charge in [-0.3, -0.25) is 4.79 Å². The van der Waals surface area contributed by atoms with Crippen molar-refractivity contribution in [2.24, 2.45) is 11.7 Å². The summed E-state index contributed by atoms with van der Waals surface area (Å²) in [5.74, 6) is 1.55. The molecule has 1 aliphatic carbocycles. The molecule has 4 N–H and O–H groups in total. The largest absolute Gasteiger partial charge is 0.365 e. The molecule has 0 aliphatic heterocycles. The van der Waals surface area contributed by atoms with E-state index in [1.807, 2.05) is 24.3 Å². The number of amides is 1. The molecule has 4 rings (SSSR count). The maximum atomic E-state index is 11.9. The highest BCUT2D eigenvalue weighted by molar-refractivity contribution is 5.98. The molecule has 1 fully saturated rings. The number of aromatic nitrogens is 4. The minimum atomic E-state index is -0.587. The molecule has 8 heteroatoms. The topological polar surface area (TPSA) is 119 Å². The zero-order valence-corrected chi connectivity index (χ0v) is 16.2. The average molecular weight is 389 g/mol. The molecule has 0 saturated heterocycles. The van der Waals surface area contributed by atoms with Crippen LogP contribution in [0.15, 0.2) is 48.9 Å². The number of carbonyl (C=O) groups excluding carboxylic acids is 1. The molecular formula is C21H23N7O. The van der Waals surface area contributed by atoms with Gasteiger partial charge in [0.2, 0.25) is 5.95 Å². The molecule has 148 valence electrons. The Morgan fingerprint density at radius 1 is 1.21 bits per heavy atom. The zero-order valence-electron chi connectivity index (χ0n) is 16.2. The van der Waals surface area contributed by atoms with Gasteiger partial charge in [0, 0.05) is 35.9 Å². The Hall–Kier alpha value is -3.55. The molecule has 29 heavy (non-hydrogen) atoms. The van der Waals surface area contributed by atoms with Crippen molar-refractivity contribution < 1.29 is 4.79 Å². The van der Waals surface area contributed by atoms with E-state index in [0.717, 1.165) is 17.7 Å². The Balaban J connectivity index is 1.61. The molecule has 1 amide bonds. The van der Waals surface area contributed by atoms with Crippen LogP contribution in [0.5, 0.6) is 0 Å². The summed E-state index contributed by atoms with van der Waals surface area (Å²) in [6.45, 7) is 2.14. The summed E-state index contributed by atoms with van der Waals surface area (Å²) in [4.78, 5) is 29.2. The number of anilines is 3. The molecule has 2 aromatic heterocycles. The van der Waals surface area contributed by atoms with Gasteiger partial charge in [0.05, 0.1) is 0 Å². The molecule has 0 bridgehead atoms. The van der Waals surface area contributed by atoms with Gasteiger partial charge in [-0.25, -0.2) is 15.0 Å². The van der Waals surface area contributed by atoms with Gasteiger partial charge in [0.1, 0.15) is 11.4 Å². The second kappa shape index (κ2) is 8.22. The number of primary amides is 1. The third-order valence-corrected chi connectivity index (χ3v) is 4.95. The normalized spacial score (nSPS) is 14.2. The van der Waals surface area contributed by atoms with E-state index in [1.165, 1.54) is 19.0 Å². The maximum absolute atomic E-state index is 11.9. The van der Waals surface area contributed by atoms with Crippen LogP contribution < -0.4 is 16.4 Å². The molecule has 0 spiro atoms. The smallest absolute Gasteiger partial charge is 0.254 e. The molecule has 8 nitrogen and oxygen atoms in total.